The number of ether oxygens (including phenoxy) is 1. The van der Waals surface area contributed by atoms with E-state index in [2.05, 4.69) is 5.10 Å². The molecule has 1 aromatic heterocycles. The number of ketones is 1. The first-order valence-corrected chi connectivity index (χ1v) is 8.16. The number of hydrogen-bond donors (Lipinski definition) is 0. The van der Waals surface area contributed by atoms with Gasteiger partial charge in [-0.2, -0.15) is 15.0 Å². The minimum absolute atomic E-state index is 0.0203. The summed E-state index contributed by atoms with van der Waals surface area (Å²) in [5, 5.41) is 13.7. The van der Waals surface area contributed by atoms with Crippen LogP contribution in [-0.2, 0) is 4.74 Å². The number of rotatable bonds is 2. The van der Waals surface area contributed by atoms with Gasteiger partial charge in [-0.05, 0) is 63.2 Å². The van der Waals surface area contributed by atoms with Crippen molar-refractivity contribution in [2.45, 2.75) is 26.4 Å². The van der Waals surface area contributed by atoms with Gasteiger partial charge in [-0.3, -0.25) is 4.79 Å². The van der Waals surface area contributed by atoms with Gasteiger partial charge in [0.1, 0.15) is 17.1 Å². The van der Waals surface area contributed by atoms with E-state index in [0.717, 1.165) is 4.68 Å². The highest BCUT2D eigenvalue weighted by molar-refractivity contribution is 6.15. The van der Waals surface area contributed by atoms with E-state index in [4.69, 9.17) is 10.00 Å². The SMILES string of the molecule is CC(C)(C)OC(=O)n1nc(C(=O)c2ccc(F)cc2)c2ccc(C#N)cc21. The second-order valence-corrected chi connectivity index (χ2v) is 6.92. The van der Waals surface area contributed by atoms with Gasteiger partial charge in [0.25, 0.3) is 0 Å². The Labute approximate surface area is 154 Å². The summed E-state index contributed by atoms with van der Waals surface area (Å²) in [6.45, 7) is 5.13. The molecule has 0 saturated heterocycles. The predicted octanol–water partition coefficient (Wildman–Crippen LogP) is 4.06. The molecule has 2 aromatic carbocycles. The highest BCUT2D eigenvalue weighted by atomic mass is 19.1. The second-order valence-electron chi connectivity index (χ2n) is 6.92. The van der Waals surface area contributed by atoms with Gasteiger partial charge < -0.3 is 4.74 Å². The fourth-order valence-electron chi connectivity index (χ4n) is 2.53. The summed E-state index contributed by atoms with van der Waals surface area (Å²) in [6.07, 6.45) is -0.763. The molecule has 0 unspecified atom stereocenters. The van der Waals surface area contributed by atoms with Gasteiger partial charge in [-0.15, -0.1) is 0 Å². The number of carbonyl (C=O) groups excluding carboxylic acids is 2. The number of halogens is 1. The van der Waals surface area contributed by atoms with Crippen LogP contribution in [0.5, 0.6) is 0 Å². The minimum atomic E-state index is -0.763. The molecule has 0 amide bonds. The number of carbonyl (C=O) groups is 2. The van der Waals surface area contributed by atoms with Gasteiger partial charge >= 0.3 is 6.09 Å². The summed E-state index contributed by atoms with van der Waals surface area (Å²) in [6, 6.07) is 11.6. The Morgan fingerprint density at radius 3 is 2.41 bits per heavy atom. The van der Waals surface area contributed by atoms with Gasteiger partial charge in [-0.1, -0.05) is 0 Å². The van der Waals surface area contributed by atoms with E-state index in [-0.39, 0.29) is 16.8 Å². The first kappa shape index (κ1) is 18.3. The molecule has 6 nitrogen and oxygen atoms in total. The summed E-state index contributed by atoms with van der Waals surface area (Å²) in [5.74, 6) is -0.929. The molecule has 0 bridgehead atoms. The van der Waals surface area contributed by atoms with Gasteiger partial charge in [0.15, 0.2) is 0 Å². The van der Waals surface area contributed by atoms with E-state index >= 15 is 0 Å². The highest BCUT2D eigenvalue weighted by Crippen LogP contribution is 2.24. The standard InChI is InChI=1S/C20H16FN3O3/c1-20(2,3)27-19(26)24-16-10-12(11-22)4-9-15(16)17(23-24)18(25)13-5-7-14(21)8-6-13/h4-10H,1-3H3. The molecule has 136 valence electrons. The zero-order valence-electron chi connectivity index (χ0n) is 15.0. The van der Waals surface area contributed by atoms with Crippen molar-refractivity contribution in [2.24, 2.45) is 0 Å². The third-order valence-electron chi connectivity index (χ3n) is 3.70. The summed E-state index contributed by atoms with van der Waals surface area (Å²) in [7, 11) is 0. The Hall–Kier alpha value is -3.53. The van der Waals surface area contributed by atoms with Crippen molar-refractivity contribution >= 4 is 22.8 Å². The number of nitriles is 1. The maximum Gasteiger partial charge on any atom is 0.435 e. The quantitative estimate of drug-likeness (QED) is 0.639. The van der Waals surface area contributed by atoms with E-state index in [9.17, 15) is 14.0 Å². The molecule has 3 rings (SSSR count). The fourth-order valence-corrected chi connectivity index (χ4v) is 2.53. The van der Waals surface area contributed by atoms with Gasteiger partial charge in [0, 0.05) is 10.9 Å². The molecule has 0 saturated carbocycles. The van der Waals surface area contributed by atoms with Crippen LogP contribution in [0.1, 0.15) is 42.4 Å². The van der Waals surface area contributed by atoms with Gasteiger partial charge in [-0.25, -0.2) is 9.18 Å². The van der Waals surface area contributed by atoms with E-state index in [0.29, 0.717) is 10.9 Å². The average molecular weight is 365 g/mol. The topological polar surface area (TPSA) is 85.0 Å². The fraction of sp³-hybridized carbons (Fsp3) is 0.200. The molecular formula is C20H16FN3O3. The number of hydrogen-bond acceptors (Lipinski definition) is 5. The van der Waals surface area contributed by atoms with Crippen molar-refractivity contribution in [1.29, 1.82) is 5.26 Å². The smallest absolute Gasteiger partial charge is 0.435 e. The van der Waals surface area contributed by atoms with Gasteiger partial charge in [0.2, 0.25) is 5.78 Å². The lowest BCUT2D eigenvalue weighted by molar-refractivity contribution is 0.0522. The minimum Gasteiger partial charge on any atom is -0.442 e. The first-order valence-electron chi connectivity index (χ1n) is 8.16. The molecule has 0 aliphatic rings. The Kier molecular flexibility index (Phi) is 4.50. The van der Waals surface area contributed by atoms with Crippen LogP contribution in [0.25, 0.3) is 10.9 Å². The largest absolute Gasteiger partial charge is 0.442 e. The van der Waals surface area contributed by atoms with E-state index in [1.54, 1.807) is 26.8 Å². The monoisotopic (exact) mass is 365 g/mol. The third kappa shape index (κ3) is 3.70. The second kappa shape index (κ2) is 6.65. The van der Waals surface area contributed by atoms with E-state index < -0.39 is 23.3 Å². The van der Waals surface area contributed by atoms with E-state index in [1.807, 2.05) is 6.07 Å². The summed E-state index contributed by atoms with van der Waals surface area (Å²) >= 11 is 0. The van der Waals surface area contributed by atoms with Crippen molar-refractivity contribution < 1.29 is 18.7 Å². The van der Waals surface area contributed by atoms with Crippen LogP contribution in [-0.4, -0.2) is 27.3 Å². The molecule has 0 fully saturated rings. The normalized spacial score (nSPS) is 11.2. The first-order chi connectivity index (χ1) is 12.7. The van der Waals surface area contributed by atoms with Crippen LogP contribution in [0.4, 0.5) is 9.18 Å². The van der Waals surface area contributed by atoms with Crippen LogP contribution in [0.2, 0.25) is 0 Å². The third-order valence-corrected chi connectivity index (χ3v) is 3.70. The van der Waals surface area contributed by atoms with Gasteiger partial charge in [0.05, 0.1) is 17.1 Å². The summed E-state index contributed by atoms with van der Waals surface area (Å²) < 4.78 is 19.4. The van der Waals surface area contributed by atoms with Crippen LogP contribution in [0.15, 0.2) is 42.5 Å². The Morgan fingerprint density at radius 1 is 1.15 bits per heavy atom. The van der Waals surface area contributed by atoms with Crippen LogP contribution in [0, 0.1) is 17.1 Å². The summed E-state index contributed by atoms with van der Waals surface area (Å²) in [4.78, 5) is 25.4. The number of fused-ring (bicyclic) bond motifs is 1. The zero-order valence-corrected chi connectivity index (χ0v) is 15.0. The molecule has 7 heteroatoms. The molecule has 27 heavy (non-hydrogen) atoms. The van der Waals surface area contributed by atoms with Crippen molar-refractivity contribution in [2.75, 3.05) is 0 Å². The molecule has 0 aliphatic heterocycles. The maximum absolute atomic E-state index is 13.1. The summed E-state index contributed by atoms with van der Waals surface area (Å²) in [5.41, 5.74) is 0.0915. The number of aromatic nitrogens is 2. The lowest BCUT2D eigenvalue weighted by Crippen LogP contribution is -2.27. The molecule has 3 aromatic rings. The lowest BCUT2D eigenvalue weighted by Gasteiger charge is -2.19. The Bertz CT molecular complexity index is 1090. The Morgan fingerprint density at radius 2 is 1.81 bits per heavy atom. The molecule has 0 radical (unpaired) electrons. The molecule has 0 aliphatic carbocycles. The van der Waals surface area contributed by atoms with Crippen molar-refractivity contribution in [3.63, 3.8) is 0 Å². The average Bonchev–Trinajstić information content (AvgIpc) is 2.99. The molecule has 0 spiro atoms. The molecular weight excluding hydrogens is 349 g/mol. The highest BCUT2D eigenvalue weighted by Gasteiger charge is 2.25. The molecule has 0 atom stereocenters. The van der Waals surface area contributed by atoms with Crippen LogP contribution >= 0.6 is 0 Å². The number of nitrogens with zero attached hydrogens (tertiary/aromatic N) is 3. The van der Waals surface area contributed by atoms with Crippen LogP contribution < -0.4 is 0 Å². The maximum atomic E-state index is 13.1. The van der Waals surface area contributed by atoms with Crippen molar-refractivity contribution in [3.8, 4) is 6.07 Å². The Balaban J connectivity index is 2.16. The number of benzene rings is 2. The molecule has 0 N–H and O–H groups in total. The lowest BCUT2D eigenvalue weighted by atomic mass is 10.0. The zero-order chi connectivity index (χ0) is 19.8. The predicted molar refractivity (Wildman–Crippen MR) is 95.9 cm³/mol. The van der Waals surface area contributed by atoms with Crippen molar-refractivity contribution in [1.82, 2.24) is 9.78 Å². The van der Waals surface area contributed by atoms with Crippen molar-refractivity contribution in [3.05, 3.63) is 65.1 Å². The van der Waals surface area contributed by atoms with E-state index in [1.165, 1.54) is 36.4 Å². The van der Waals surface area contributed by atoms with Crippen LogP contribution in [0.3, 0.4) is 0 Å². The molecule has 1 heterocycles.